The van der Waals surface area contributed by atoms with E-state index in [9.17, 15) is 12.8 Å². The van der Waals surface area contributed by atoms with Gasteiger partial charge in [-0.05, 0) is 25.0 Å². The number of rotatable bonds is 5. The fraction of sp³-hybridized carbons (Fsp3) is 0.455. The summed E-state index contributed by atoms with van der Waals surface area (Å²) in [5.74, 6) is -0.861. The molecule has 1 aromatic heterocycles. The minimum absolute atomic E-state index is 0.0829. The molecule has 5 nitrogen and oxygen atoms in total. The maximum atomic E-state index is 13.5. The van der Waals surface area contributed by atoms with E-state index in [0.717, 1.165) is 18.9 Å². The van der Waals surface area contributed by atoms with Crippen LogP contribution in [-0.2, 0) is 10.0 Å². The minimum atomic E-state index is -3.94. The van der Waals surface area contributed by atoms with Crippen molar-refractivity contribution in [2.24, 2.45) is 0 Å². The number of pyridine rings is 1. The zero-order chi connectivity index (χ0) is 13.2. The van der Waals surface area contributed by atoms with Crippen LogP contribution in [0.1, 0.15) is 19.3 Å². The second-order valence-corrected chi connectivity index (χ2v) is 5.85. The van der Waals surface area contributed by atoms with Crippen molar-refractivity contribution >= 4 is 10.0 Å². The average Bonchev–Trinajstić information content (AvgIpc) is 3.14. The standard InChI is InChI=1S/C11H12FN3O2S/c12-10-3-1-7-14-11(10)18(16,17)15(8-2-6-13)9-4-5-9/h1,3,7,9H,2,4-5,8H2. The summed E-state index contributed by atoms with van der Waals surface area (Å²) in [4.78, 5) is 3.60. The average molecular weight is 269 g/mol. The number of nitrogens with zero attached hydrogens (tertiary/aromatic N) is 3. The van der Waals surface area contributed by atoms with Crippen LogP contribution in [-0.4, -0.2) is 30.3 Å². The van der Waals surface area contributed by atoms with Crippen molar-refractivity contribution in [2.45, 2.75) is 30.3 Å². The molecule has 7 heteroatoms. The van der Waals surface area contributed by atoms with Gasteiger partial charge < -0.3 is 0 Å². The summed E-state index contributed by atoms with van der Waals surface area (Å²) in [6.07, 6.45) is 2.83. The molecule has 0 aromatic carbocycles. The third-order valence-corrected chi connectivity index (χ3v) is 4.56. The van der Waals surface area contributed by atoms with Crippen molar-refractivity contribution < 1.29 is 12.8 Å². The highest BCUT2D eigenvalue weighted by Gasteiger charge is 2.39. The molecule has 18 heavy (non-hydrogen) atoms. The summed E-state index contributed by atoms with van der Waals surface area (Å²) in [7, 11) is -3.94. The first-order chi connectivity index (χ1) is 8.57. The molecule has 1 aliphatic carbocycles. The van der Waals surface area contributed by atoms with Crippen LogP contribution in [0.3, 0.4) is 0 Å². The summed E-state index contributed by atoms with van der Waals surface area (Å²) in [6, 6.07) is 4.18. The summed E-state index contributed by atoms with van der Waals surface area (Å²) < 4.78 is 39.2. The largest absolute Gasteiger partial charge is 0.263 e. The molecule has 0 unspecified atom stereocenters. The van der Waals surface area contributed by atoms with Crippen molar-refractivity contribution in [3.63, 3.8) is 0 Å². The van der Waals surface area contributed by atoms with Crippen molar-refractivity contribution in [1.29, 1.82) is 5.26 Å². The zero-order valence-corrected chi connectivity index (χ0v) is 10.4. The molecule has 0 spiro atoms. The van der Waals surface area contributed by atoms with Crippen LogP contribution in [0.5, 0.6) is 0 Å². The number of hydrogen-bond acceptors (Lipinski definition) is 4. The molecule has 1 aliphatic rings. The molecule has 1 saturated carbocycles. The van der Waals surface area contributed by atoms with Crippen molar-refractivity contribution in [1.82, 2.24) is 9.29 Å². The van der Waals surface area contributed by atoms with Crippen LogP contribution < -0.4 is 0 Å². The molecule has 2 rings (SSSR count). The Hall–Kier alpha value is -1.52. The predicted molar refractivity (Wildman–Crippen MR) is 61.3 cm³/mol. The monoisotopic (exact) mass is 269 g/mol. The Morgan fingerprint density at radius 2 is 2.28 bits per heavy atom. The van der Waals surface area contributed by atoms with Gasteiger partial charge in [-0.2, -0.15) is 9.57 Å². The second-order valence-electron chi connectivity index (χ2n) is 4.05. The number of sulfonamides is 1. The predicted octanol–water partition coefficient (Wildman–Crippen LogP) is 1.29. The Bertz CT molecular complexity index is 578. The van der Waals surface area contributed by atoms with Gasteiger partial charge in [-0.1, -0.05) is 0 Å². The zero-order valence-electron chi connectivity index (χ0n) is 9.58. The molecule has 1 fully saturated rings. The van der Waals surface area contributed by atoms with E-state index in [0.29, 0.717) is 0 Å². The smallest absolute Gasteiger partial charge is 0.241 e. The van der Waals surface area contributed by atoms with Crippen LogP contribution in [0.2, 0.25) is 0 Å². The number of aromatic nitrogens is 1. The summed E-state index contributed by atoms with van der Waals surface area (Å²) in [6.45, 7) is 0.0829. The Kier molecular flexibility index (Phi) is 3.59. The summed E-state index contributed by atoms with van der Waals surface area (Å²) in [5.41, 5.74) is 0. The van der Waals surface area contributed by atoms with Crippen LogP contribution in [0, 0.1) is 17.1 Å². The Labute approximate surface area is 105 Å². The van der Waals surface area contributed by atoms with Crippen LogP contribution in [0.4, 0.5) is 4.39 Å². The quantitative estimate of drug-likeness (QED) is 0.807. The first-order valence-electron chi connectivity index (χ1n) is 5.56. The molecule has 0 saturated heterocycles. The first-order valence-corrected chi connectivity index (χ1v) is 7.00. The molecule has 0 bridgehead atoms. The maximum Gasteiger partial charge on any atom is 0.263 e. The molecular formula is C11H12FN3O2S. The van der Waals surface area contributed by atoms with E-state index in [1.807, 2.05) is 6.07 Å². The van der Waals surface area contributed by atoms with E-state index in [1.54, 1.807) is 0 Å². The van der Waals surface area contributed by atoms with Gasteiger partial charge in [0.1, 0.15) is 0 Å². The fourth-order valence-electron chi connectivity index (χ4n) is 1.69. The number of hydrogen-bond donors (Lipinski definition) is 0. The molecule has 0 aliphatic heterocycles. The van der Waals surface area contributed by atoms with Gasteiger partial charge >= 0.3 is 0 Å². The second kappa shape index (κ2) is 5.00. The van der Waals surface area contributed by atoms with Gasteiger partial charge in [0.2, 0.25) is 5.03 Å². The SMILES string of the molecule is N#CCCN(C1CC1)S(=O)(=O)c1ncccc1F. The van der Waals surface area contributed by atoms with Gasteiger partial charge in [0.15, 0.2) is 5.82 Å². The molecular weight excluding hydrogens is 257 g/mol. The maximum absolute atomic E-state index is 13.5. The van der Waals surface area contributed by atoms with Gasteiger partial charge in [-0.25, -0.2) is 17.8 Å². The molecule has 1 aromatic rings. The van der Waals surface area contributed by atoms with Crippen LogP contribution in [0.15, 0.2) is 23.4 Å². The molecule has 1 heterocycles. The van der Waals surface area contributed by atoms with Crippen LogP contribution in [0.25, 0.3) is 0 Å². The Morgan fingerprint density at radius 1 is 1.56 bits per heavy atom. The lowest BCUT2D eigenvalue weighted by Crippen LogP contribution is -2.35. The van der Waals surface area contributed by atoms with E-state index in [2.05, 4.69) is 4.98 Å². The van der Waals surface area contributed by atoms with E-state index >= 15 is 0 Å². The number of nitriles is 1. The normalized spacial score (nSPS) is 15.6. The molecule has 96 valence electrons. The lowest BCUT2D eigenvalue weighted by atomic mass is 10.4. The van der Waals surface area contributed by atoms with Gasteiger partial charge in [0.25, 0.3) is 10.0 Å². The fourth-order valence-corrected chi connectivity index (χ4v) is 3.36. The topological polar surface area (TPSA) is 74.1 Å². The lowest BCUT2D eigenvalue weighted by molar-refractivity contribution is 0.404. The number of halogens is 1. The first kappa shape index (κ1) is 12.9. The summed E-state index contributed by atoms with van der Waals surface area (Å²) >= 11 is 0. The van der Waals surface area contributed by atoms with E-state index in [4.69, 9.17) is 5.26 Å². The molecule has 0 atom stereocenters. The van der Waals surface area contributed by atoms with Gasteiger partial charge in [0, 0.05) is 25.2 Å². The Balaban J connectivity index is 2.34. The van der Waals surface area contributed by atoms with Crippen molar-refractivity contribution in [2.75, 3.05) is 6.54 Å². The highest BCUT2D eigenvalue weighted by molar-refractivity contribution is 7.89. The van der Waals surface area contributed by atoms with E-state index < -0.39 is 20.9 Å². The molecule has 0 N–H and O–H groups in total. The highest BCUT2D eigenvalue weighted by Crippen LogP contribution is 2.32. The van der Waals surface area contributed by atoms with Crippen molar-refractivity contribution in [3.8, 4) is 6.07 Å². The molecule has 0 amide bonds. The van der Waals surface area contributed by atoms with Gasteiger partial charge in [-0.3, -0.25) is 0 Å². The van der Waals surface area contributed by atoms with E-state index in [-0.39, 0.29) is 19.0 Å². The van der Waals surface area contributed by atoms with Crippen molar-refractivity contribution in [3.05, 3.63) is 24.1 Å². The highest BCUT2D eigenvalue weighted by atomic mass is 32.2. The third kappa shape index (κ3) is 2.49. The van der Waals surface area contributed by atoms with Gasteiger partial charge in [0.05, 0.1) is 6.07 Å². The lowest BCUT2D eigenvalue weighted by Gasteiger charge is -2.20. The van der Waals surface area contributed by atoms with Crippen LogP contribution >= 0.6 is 0 Å². The van der Waals surface area contributed by atoms with E-state index in [1.165, 1.54) is 16.6 Å². The minimum Gasteiger partial charge on any atom is -0.241 e. The van der Waals surface area contributed by atoms with Gasteiger partial charge in [-0.15, -0.1) is 0 Å². The molecule has 0 radical (unpaired) electrons. The third-order valence-electron chi connectivity index (χ3n) is 2.68. The summed E-state index contributed by atoms with van der Waals surface area (Å²) in [5, 5.41) is 7.99. The Morgan fingerprint density at radius 3 is 2.83 bits per heavy atom.